The Bertz CT molecular complexity index is 1140. The van der Waals surface area contributed by atoms with Gasteiger partial charge in [-0.2, -0.15) is 0 Å². The minimum absolute atomic E-state index is 0.397. The number of halogens is 1. The first-order valence-electron chi connectivity index (χ1n) is 11.2. The fourth-order valence-corrected chi connectivity index (χ4v) is 3.83. The summed E-state index contributed by atoms with van der Waals surface area (Å²) >= 11 is 5.97. The zero-order valence-electron chi connectivity index (χ0n) is 18.6. The highest BCUT2D eigenvalue weighted by Crippen LogP contribution is 2.23. The van der Waals surface area contributed by atoms with Crippen molar-refractivity contribution in [3.8, 4) is 11.5 Å². The summed E-state index contributed by atoms with van der Waals surface area (Å²) in [6, 6.07) is 24.0. The number of fused-ring (bicyclic) bond motifs is 1. The highest BCUT2D eigenvalue weighted by molar-refractivity contribution is 6.30. The van der Waals surface area contributed by atoms with Crippen LogP contribution in [0.3, 0.4) is 0 Å². The second-order valence-corrected chi connectivity index (χ2v) is 8.43. The van der Waals surface area contributed by atoms with E-state index in [0.29, 0.717) is 24.2 Å². The van der Waals surface area contributed by atoms with Crippen LogP contribution in [0.4, 0.5) is 0 Å². The van der Waals surface area contributed by atoms with E-state index in [4.69, 9.17) is 26.1 Å². The second-order valence-electron chi connectivity index (χ2n) is 7.99. The van der Waals surface area contributed by atoms with Crippen LogP contribution in [-0.2, 0) is 13.2 Å². The van der Waals surface area contributed by atoms with E-state index in [1.54, 1.807) is 0 Å². The molecule has 0 aliphatic rings. The Hall–Kier alpha value is -2.98. The van der Waals surface area contributed by atoms with E-state index in [9.17, 15) is 0 Å². The SMILES string of the molecule is CCC(C)c1ccc(OCCCn2c(COc3ccc(Cl)cc3)nc3ccccc32)cc1. The van der Waals surface area contributed by atoms with Gasteiger partial charge < -0.3 is 14.0 Å². The first-order valence-corrected chi connectivity index (χ1v) is 11.6. The molecule has 4 aromatic rings. The molecule has 0 radical (unpaired) electrons. The number of rotatable bonds is 10. The Kier molecular flexibility index (Phi) is 7.33. The van der Waals surface area contributed by atoms with Crippen molar-refractivity contribution in [2.75, 3.05) is 6.61 Å². The molecule has 166 valence electrons. The molecule has 0 aliphatic carbocycles. The van der Waals surface area contributed by atoms with Crippen molar-refractivity contribution in [2.45, 2.75) is 45.8 Å². The van der Waals surface area contributed by atoms with E-state index in [2.05, 4.69) is 48.7 Å². The predicted octanol–water partition coefficient (Wildman–Crippen LogP) is 7.25. The summed E-state index contributed by atoms with van der Waals surface area (Å²) in [5.74, 6) is 3.17. The van der Waals surface area contributed by atoms with Crippen LogP contribution < -0.4 is 9.47 Å². The third kappa shape index (κ3) is 5.43. The van der Waals surface area contributed by atoms with Gasteiger partial charge in [-0.05, 0) is 72.9 Å². The van der Waals surface area contributed by atoms with Crippen LogP contribution in [0.15, 0.2) is 72.8 Å². The Labute approximate surface area is 194 Å². The van der Waals surface area contributed by atoms with Crippen LogP contribution in [-0.4, -0.2) is 16.2 Å². The van der Waals surface area contributed by atoms with Crippen molar-refractivity contribution in [1.82, 2.24) is 9.55 Å². The number of benzene rings is 3. The third-order valence-corrected chi connectivity index (χ3v) is 6.02. The van der Waals surface area contributed by atoms with Gasteiger partial charge in [0.15, 0.2) is 0 Å². The third-order valence-electron chi connectivity index (χ3n) is 5.77. The summed E-state index contributed by atoms with van der Waals surface area (Å²) in [5.41, 5.74) is 3.44. The maximum atomic E-state index is 5.99. The molecule has 0 aliphatic heterocycles. The van der Waals surface area contributed by atoms with Gasteiger partial charge in [0.25, 0.3) is 0 Å². The molecule has 1 atom stereocenters. The number of imidazole rings is 1. The van der Waals surface area contributed by atoms with Crippen molar-refractivity contribution in [1.29, 1.82) is 0 Å². The summed E-state index contributed by atoms with van der Waals surface area (Å²) in [7, 11) is 0. The summed E-state index contributed by atoms with van der Waals surface area (Å²) in [6.07, 6.45) is 2.02. The van der Waals surface area contributed by atoms with E-state index in [1.165, 1.54) is 5.56 Å². The molecule has 0 N–H and O–H groups in total. The van der Waals surface area contributed by atoms with Gasteiger partial charge in [0.2, 0.25) is 0 Å². The molecule has 0 saturated heterocycles. The topological polar surface area (TPSA) is 36.3 Å². The summed E-state index contributed by atoms with van der Waals surface area (Å²) < 4.78 is 14.2. The van der Waals surface area contributed by atoms with Crippen molar-refractivity contribution >= 4 is 22.6 Å². The number of aromatic nitrogens is 2. The average Bonchev–Trinajstić information content (AvgIpc) is 3.19. The van der Waals surface area contributed by atoms with Gasteiger partial charge in [-0.15, -0.1) is 0 Å². The van der Waals surface area contributed by atoms with E-state index in [0.717, 1.165) is 47.7 Å². The van der Waals surface area contributed by atoms with Crippen molar-refractivity contribution < 1.29 is 9.47 Å². The number of hydrogen-bond donors (Lipinski definition) is 0. The molecule has 5 heteroatoms. The molecule has 0 bridgehead atoms. The van der Waals surface area contributed by atoms with Crippen LogP contribution in [0.2, 0.25) is 5.02 Å². The monoisotopic (exact) mass is 448 g/mol. The largest absolute Gasteiger partial charge is 0.494 e. The molecule has 0 saturated carbocycles. The van der Waals surface area contributed by atoms with E-state index < -0.39 is 0 Å². The van der Waals surface area contributed by atoms with E-state index in [1.807, 2.05) is 42.5 Å². The van der Waals surface area contributed by atoms with Crippen LogP contribution in [0.1, 0.15) is 44.0 Å². The number of nitrogens with zero attached hydrogens (tertiary/aromatic N) is 2. The first-order chi connectivity index (χ1) is 15.6. The molecule has 0 amide bonds. The van der Waals surface area contributed by atoms with Gasteiger partial charge in [-0.3, -0.25) is 0 Å². The zero-order valence-corrected chi connectivity index (χ0v) is 19.4. The average molecular weight is 449 g/mol. The van der Waals surface area contributed by atoms with Gasteiger partial charge in [-0.1, -0.05) is 49.7 Å². The maximum absolute atomic E-state index is 5.99. The number of hydrogen-bond acceptors (Lipinski definition) is 3. The predicted molar refractivity (Wildman–Crippen MR) is 131 cm³/mol. The fourth-order valence-electron chi connectivity index (χ4n) is 3.70. The van der Waals surface area contributed by atoms with Gasteiger partial charge >= 0.3 is 0 Å². The lowest BCUT2D eigenvalue weighted by Gasteiger charge is -2.12. The molecule has 1 unspecified atom stereocenters. The summed E-state index contributed by atoms with van der Waals surface area (Å²) in [6.45, 7) is 6.31. The first kappa shape index (κ1) is 22.2. The quantitative estimate of drug-likeness (QED) is 0.240. The molecule has 1 heterocycles. The lowest BCUT2D eigenvalue weighted by Crippen LogP contribution is -2.10. The highest BCUT2D eigenvalue weighted by atomic mass is 35.5. The number of aryl methyl sites for hydroxylation is 1. The maximum Gasteiger partial charge on any atom is 0.147 e. The zero-order chi connectivity index (χ0) is 22.3. The van der Waals surface area contributed by atoms with Gasteiger partial charge in [0.05, 0.1) is 17.6 Å². The second kappa shape index (κ2) is 10.6. The molecule has 4 nitrogen and oxygen atoms in total. The van der Waals surface area contributed by atoms with Crippen molar-refractivity contribution in [3.63, 3.8) is 0 Å². The molecular weight excluding hydrogens is 420 g/mol. The normalized spacial score (nSPS) is 12.1. The highest BCUT2D eigenvalue weighted by Gasteiger charge is 2.11. The lowest BCUT2D eigenvalue weighted by atomic mass is 9.99. The van der Waals surface area contributed by atoms with Gasteiger partial charge in [-0.25, -0.2) is 4.98 Å². The molecule has 1 aromatic heterocycles. The number of ether oxygens (including phenoxy) is 2. The minimum atomic E-state index is 0.397. The standard InChI is InChI=1S/C27H29ClN2O2/c1-3-20(2)21-9-13-23(14-10-21)31-18-6-17-30-26-8-5-4-7-25(26)29-27(30)19-32-24-15-11-22(28)12-16-24/h4-5,7-16,20H,3,6,17-19H2,1-2H3. The Morgan fingerprint density at radius 3 is 2.34 bits per heavy atom. The molecule has 32 heavy (non-hydrogen) atoms. The Balaban J connectivity index is 1.38. The molecule has 3 aromatic carbocycles. The summed E-state index contributed by atoms with van der Waals surface area (Å²) in [4.78, 5) is 4.79. The Morgan fingerprint density at radius 2 is 1.59 bits per heavy atom. The van der Waals surface area contributed by atoms with Crippen LogP contribution in [0.25, 0.3) is 11.0 Å². The molecule has 0 fully saturated rings. The van der Waals surface area contributed by atoms with E-state index >= 15 is 0 Å². The molecular formula is C27H29ClN2O2. The lowest BCUT2D eigenvalue weighted by molar-refractivity contribution is 0.280. The van der Waals surface area contributed by atoms with Crippen LogP contribution in [0, 0.1) is 0 Å². The fraction of sp³-hybridized carbons (Fsp3) is 0.296. The van der Waals surface area contributed by atoms with Crippen LogP contribution in [0.5, 0.6) is 11.5 Å². The molecule has 4 rings (SSSR count). The van der Waals surface area contributed by atoms with Crippen LogP contribution >= 0.6 is 11.6 Å². The van der Waals surface area contributed by atoms with Crippen molar-refractivity contribution in [3.05, 3.63) is 89.2 Å². The minimum Gasteiger partial charge on any atom is -0.494 e. The van der Waals surface area contributed by atoms with Crippen molar-refractivity contribution in [2.24, 2.45) is 0 Å². The smallest absolute Gasteiger partial charge is 0.147 e. The Morgan fingerprint density at radius 1 is 0.906 bits per heavy atom. The summed E-state index contributed by atoms with van der Waals surface area (Å²) in [5, 5.41) is 0.694. The number of para-hydroxylation sites is 2. The van der Waals surface area contributed by atoms with Gasteiger partial charge in [0.1, 0.15) is 23.9 Å². The molecule has 0 spiro atoms. The van der Waals surface area contributed by atoms with E-state index in [-0.39, 0.29) is 0 Å². The van der Waals surface area contributed by atoms with Gasteiger partial charge in [0, 0.05) is 11.6 Å².